The smallest absolute Gasteiger partial charge is 0.306 e. The summed E-state index contributed by atoms with van der Waals surface area (Å²) in [5.74, 6) is 2.22. The number of thioether (sulfide) groups is 1. The predicted molar refractivity (Wildman–Crippen MR) is 75.0 cm³/mol. The van der Waals surface area contributed by atoms with Gasteiger partial charge in [0.1, 0.15) is 6.54 Å². The molecule has 1 aromatic rings. The number of aryl methyl sites for hydroxylation is 1. The Labute approximate surface area is 121 Å². The van der Waals surface area contributed by atoms with Crippen LogP contribution in [-0.2, 0) is 6.54 Å². The maximum atomic E-state index is 12.5. The zero-order valence-electron chi connectivity index (χ0n) is 11.9. The molecule has 1 aromatic heterocycles. The van der Waals surface area contributed by atoms with E-state index in [4.69, 9.17) is 0 Å². The molecule has 0 aliphatic carbocycles. The largest absolute Gasteiger partial charge is 0.408 e. The molecule has 20 heavy (non-hydrogen) atoms. The van der Waals surface area contributed by atoms with Crippen molar-refractivity contribution in [2.45, 2.75) is 52.0 Å². The Morgan fingerprint density at radius 1 is 1.45 bits per heavy atom. The number of aromatic nitrogens is 2. The number of nitrogens with one attached hydrogen (secondary N) is 1. The number of hydrogen-bond donors (Lipinski definition) is 1. The summed E-state index contributed by atoms with van der Waals surface area (Å²) in [6, 6.07) is 0.473. The van der Waals surface area contributed by atoms with Crippen LogP contribution in [-0.4, -0.2) is 33.5 Å². The van der Waals surface area contributed by atoms with Crippen LogP contribution in [0, 0.1) is 13.8 Å². The topological polar surface area (TPSA) is 29.9 Å². The number of hydrogen-bond acceptors (Lipinski definition) is 3. The van der Waals surface area contributed by atoms with Gasteiger partial charge in [-0.25, -0.2) is 0 Å². The van der Waals surface area contributed by atoms with Gasteiger partial charge in [-0.1, -0.05) is 0 Å². The Bertz CT molecular complexity index is 464. The van der Waals surface area contributed by atoms with E-state index in [1.165, 1.54) is 0 Å². The molecule has 1 N–H and O–H groups in total. The molecule has 2 atom stereocenters. The fourth-order valence-corrected chi connectivity index (χ4v) is 3.93. The molecule has 0 spiro atoms. The van der Waals surface area contributed by atoms with Crippen molar-refractivity contribution in [2.75, 3.05) is 11.5 Å². The molecule has 2 unspecified atom stereocenters. The third-order valence-corrected chi connectivity index (χ3v) is 4.78. The quantitative estimate of drug-likeness (QED) is 0.926. The number of rotatable bonds is 4. The molecule has 114 valence electrons. The van der Waals surface area contributed by atoms with E-state index < -0.39 is 12.7 Å². The van der Waals surface area contributed by atoms with Crippen LogP contribution in [0.5, 0.6) is 0 Å². The second-order valence-corrected chi connectivity index (χ2v) is 6.46. The SMILES string of the molecule is Cc1nn(CC(F)(F)F)c(C)c1C(C)NC1CCSC1. The fraction of sp³-hybridized carbons (Fsp3) is 0.769. The molecule has 3 nitrogen and oxygen atoms in total. The van der Waals surface area contributed by atoms with Crippen LogP contribution in [0.25, 0.3) is 0 Å². The fourth-order valence-electron chi connectivity index (χ4n) is 2.76. The first-order valence-electron chi connectivity index (χ1n) is 6.72. The van der Waals surface area contributed by atoms with Gasteiger partial charge in [0.05, 0.1) is 5.69 Å². The van der Waals surface area contributed by atoms with Crippen LogP contribution in [0.15, 0.2) is 0 Å². The van der Waals surface area contributed by atoms with Crippen molar-refractivity contribution in [3.05, 3.63) is 17.0 Å². The predicted octanol–water partition coefficient (Wildman–Crippen LogP) is 3.22. The molecule has 1 fully saturated rings. The lowest BCUT2D eigenvalue weighted by Crippen LogP contribution is -2.31. The van der Waals surface area contributed by atoms with Gasteiger partial charge in [0, 0.05) is 29.1 Å². The van der Waals surface area contributed by atoms with E-state index in [0.717, 1.165) is 28.2 Å². The molecule has 1 saturated heterocycles. The molecule has 0 aromatic carbocycles. The maximum absolute atomic E-state index is 12.5. The summed E-state index contributed by atoms with van der Waals surface area (Å²) in [5, 5.41) is 7.54. The summed E-state index contributed by atoms with van der Waals surface area (Å²) in [6.07, 6.45) is -3.12. The summed E-state index contributed by atoms with van der Waals surface area (Å²) in [6.45, 7) is 4.46. The van der Waals surface area contributed by atoms with Crippen LogP contribution >= 0.6 is 11.8 Å². The highest BCUT2D eigenvalue weighted by atomic mass is 32.2. The van der Waals surface area contributed by atoms with Crippen molar-refractivity contribution in [2.24, 2.45) is 0 Å². The zero-order valence-corrected chi connectivity index (χ0v) is 12.7. The van der Waals surface area contributed by atoms with E-state index in [0.29, 0.717) is 17.4 Å². The highest BCUT2D eigenvalue weighted by Gasteiger charge is 2.31. The van der Waals surface area contributed by atoms with Crippen molar-refractivity contribution in [3.63, 3.8) is 0 Å². The van der Waals surface area contributed by atoms with Gasteiger partial charge in [-0.2, -0.15) is 30.0 Å². The Morgan fingerprint density at radius 2 is 2.15 bits per heavy atom. The molecular formula is C13H20F3N3S. The first-order valence-corrected chi connectivity index (χ1v) is 7.88. The number of alkyl halides is 3. The van der Waals surface area contributed by atoms with E-state index in [1.54, 1.807) is 13.8 Å². The molecule has 7 heteroatoms. The first kappa shape index (κ1) is 15.7. The molecule has 1 aliphatic heterocycles. The van der Waals surface area contributed by atoms with Gasteiger partial charge in [0.2, 0.25) is 0 Å². The van der Waals surface area contributed by atoms with Crippen LogP contribution in [0.3, 0.4) is 0 Å². The third-order valence-electron chi connectivity index (χ3n) is 3.61. The molecule has 0 radical (unpaired) electrons. The average Bonchev–Trinajstić information content (AvgIpc) is 2.86. The monoisotopic (exact) mass is 307 g/mol. The zero-order chi connectivity index (χ0) is 14.9. The highest BCUT2D eigenvalue weighted by Crippen LogP contribution is 2.27. The minimum Gasteiger partial charge on any atom is -0.306 e. The van der Waals surface area contributed by atoms with E-state index in [9.17, 15) is 13.2 Å². The van der Waals surface area contributed by atoms with Gasteiger partial charge in [0.15, 0.2) is 0 Å². The molecule has 0 saturated carbocycles. The van der Waals surface area contributed by atoms with Gasteiger partial charge >= 0.3 is 6.18 Å². The average molecular weight is 307 g/mol. The normalized spacial score (nSPS) is 21.4. The van der Waals surface area contributed by atoms with Crippen LogP contribution in [0.1, 0.15) is 36.3 Å². The van der Waals surface area contributed by atoms with Gasteiger partial charge in [-0.15, -0.1) is 0 Å². The van der Waals surface area contributed by atoms with Crippen LogP contribution in [0.4, 0.5) is 13.2 Å². The van der Waals surface area contributed by atoms with Crippen LogP contribution < -0.4 is 5.32 Å². The first-order chi connectivity index (χ1) is 9.28. The molecule has 0 amide bonds. The van der Waals surface area contributed by atoms with Gasteiger partial charge < -0.3 is 5.32 Å². The number of nitrogens with zero attached hydrogens (tertiary/aromatic N) is 2. The standard InChI is InChI=1S/C13H20F3N3S/c1-8(17-11-4-5-20-6-11)12-9(2)18-19(10(12)3)7-13(14,15)16/h8,11,17H,4-7H2,1-3H3. The summed E-state index contributed by atoms with van der Waals surface area (Å²) in [4.78, 5) is 0. The lowest BCUT2D eigenvalue weighted by atomic mass is 10.1. The Balaban J connectivity index is 2.14. The van der Waals surface area contributed by atoms with Gasteiger partial charge in [0.25, 0.3) is 0 Å². The molecule has 2 rings (SSSR count). The molecule has 1 aliphatic rings. The summed E-state index contributed by atoms with van der Waals surface area (Å²) in [7, 11) is 0. The van der Waals surface area contributed by atoms with Crippen molar-refractivity contribution in [3.8, 4) is 0 Å². The van der Waals surface area contributed by atoms with Gasteiger partial charge in [-0.3, -0.25) is 4.68 Å². The van der Waals surface area contributed by atoms with E-state index in [1.807, 2.05) is 18.7 Å². The Hall–Kier alpha value is -0.690. The lowest BCUT2D eigenvalue weighted by molar-refractivity contribution is -0.142. The van der Waals surface area contributed by atoms with E-state index >= 15 is 0 Å². The molecule has 2 heterocycles. The van der Waals surface area contributed by atoms with E-state index in [-0.39, 0.29) is 6.04 Å². The van der Waals surface area contributed by atoms with Crippen molar-refractivity contribution < 1.29 is 13.2 Å². The lowest BCUT2D eigenvalue weighted by Gasteiger charge is -2.19. The minimum absolute atomic E-state index is 0.0284. The highest BCUT2D eigenvalue weighted by molar-refractivity contribution is 7.99. The summed E-state index contributed by atoms with van der Waals surface area (Å²) >= 11 is 1.91. The van der Waals surface area contributed by atoms with Crippen molar-refractivity contribution in [1.82, 2.24) is 15.1 Å². The van der Waals surface area contributed by atoms with Crippen molar-refractivity contribution in [1.29, 1.82) is 0 Å². The minimum atomic E-state index is -4.24. The van der Waals surface area contributed by atoms with Crippen molar-refractivity contribution >= 4 is 11.8 Å². The van der Waals surface area contributed by atoms with Gasteiger partial charge in [-0.05, 0) is 32.9 Å². The maximum Gasteiger partial charge on any atom is 0.408 e. The Morgan fingerprint density at radius 3 is 2.70 bits per heavy atom. The second kappa shape index (κ2) is 5.97. The third kappa shape index (κ3) is 3.69. The summed E-state index contributed by atoms with van der Waals surface area (Å²) in [5.41, 5.74) is 2.18. The number of halogens is 3. The Kier molecular flexibility index (Phi) is 4.69. The van der Waals surface area contributed by atoms with Crippen LogP contribution in [0.2, 0.25) is 0 Å². The second-order valence-electron chi connectivity index (χ2n) is 5.31. The molecule has 0 bridgehead atoms. The molecular weight excluding hydrogens is 287 g/mol. The summed E-state index contributed by atoms with van der Waals surface area (Å²) < 4.78 is 38.6. The van der Waals surface area contributed by atoms with E-state index in [2.05, 4.69) is 10.4 Å².